The Hall–Kier alpha value is -1.26. The summed E-state index contributed by atoms with van der Waals surface area (Å²) >= 11 is 11.9. The van der Waals surface area contributed by atoms with Crippen LogP contribution in [0, 0.1) is 0 Å². The second-order valence-electron chi connectivity index (χ2n) is 5.62. The van der Waals surface area contributed by atoms with Crippen molar-refractivity contribution in [1.82, 2.24) is 4.90 Å². The van der Waals surface area contributed by atoms with Gasteiger partial charge in [0.25, 0.3) is 5.91 Å². The fourth-order valence-corrected chi connectivity index (χ4v) is 3.20. The van der Waals surface area contributed by atoms with Gasteiger partial charge in [-0.1, -0.05) is 36.0 Å². The van der Waals surface area contributed by atoms with Crippen molar-refractivity contribution in [2.75, 3.05) is 13.2 Å². The van der Waals surface area contributed by atoms with Crippen LogP contribution < -0.4 is 0 Å². The van der Waals surface area contributed by atoms with E-state index in [1.165, 1.54) is 0 Å². The van der Waals surface area contributed by atoms with Gasteiger partial charge in [0.05, 0.1) is 23.1 Å². The molecule has 23 heavy (non-hydrogen) atoms. The Bertz CT molecular complexity index is 571. The highest BCUT2D eigenvalue weighted by molar-refractivity contribution is 6.42. The SMILES string of the molecule is CCOC(=O)CCN(C(=O)c1ccc(Cl)c(Cl)c1)C1CCCC1. The molecule has 1 aromatic rings. The highest BCUT2D eigenvalue weighted by Crippen LogP contribution is 2.27. The number of carbonyl (C=O) groups is 2. The lowest BCUT2D eigenvalue weighted by Gasteiger charge is -2.29. The third-order valence-electron chi connectivity index (χ3n) is 4.06. The first-order chi connectivity index (χ1) is 11.0. The van der Waals surface area contributed by atoms with Crippen molar-refractivity contribution in [3.63, 3.8) is 0 Å². The number of rotatable bonds is 6. The largest absolute Gasteiger partial charge is 0.466 e. The zero-order chi connectivity index (χ0) is 16.8. The highest BCUT2D eigenvalue weighted by atomic mass is 35.5. The Morgan fingerprint density at radius 1 is 1.22 bits per heavy atom. The molecule has 4 nitrogen and oxygen atoms in total. The predicted molar refractivity (Wildman–Crippen MR) is 91.0 cm³/mol. The second-order valence-corrected chi connectivity index (χ2v) is 6.44. The third-order valence-corrected chi connectivity index (χ3v) is 4.79. The fraction of sp³-hybridized carbons (Fsp3) is 0.529. The minimum atomic E-state index is -0.280. The van der Waals surface area contributed by atoms with Crippen molar-refractivity contribution in [1.29, 1.82) is 0 Å². The molecule has 6 heteroatoms. The summed E-state index contributed by atoms with van der Waals surface area (Å²) in [6.45, 7) is 2.49. The quantitative estimate of drug-likeness (QED) is 0.711. The molecule has 0 aliphatic heterocycles. The van der Waals surface area contributed by atoms with E-state index in [2.05, 4.69) is 0 Å². The third kappa shape index (κ3) is 4.85. The molecular formula is C17H21Cl2NO3. The van der Waals surface area contributed by atoms with Gasteiger partial charge in [-0.05, 0) is 38.0 Å². The summed E-state index contributed by atoms with van der Waals surface area (Å²) < 4.78 is 4.96. The van der Waals surface area contributed by atoms with Gasteiger partial charge in [0.2, 0.25) is 0 Å². The Labute approximate surface area is 146 Å². The van der Waals surface area contributed by atoms with Crippen LogP contribution in [0.2, 0.25) is 10.0 Å². The summed E-state index contributed by atoms with van der Waals surface area (Å²) in [6, 6.07) is 5.04. The van der Waals surface area contributed by atoms with E-state index in [9.17, 15) is 9.59 Å². The lowest BCUT2D eigenvalue weighted by Crippen LogP contribution is -2.40. The number of hydrogen-bond acceptors (Lipinski definition) is 3. The summed E-state index contributed by atoms with van der Waals surface area (Å²) in [5, 5.41) is 0.774. The first-order valence-corrected chi connectivity index (χ1v) is 8.70. The van der Waals surface area contributed by atoms with Gasteiger partial charge >= 0.3 is 5.97 Å². The monoisotopic (exact) mass is 357 g/mol. The van der Waals surface area contributed by atoms with Crippen LogP contribution >= 0.6 is 23.2 Å². The number of nitrogens with zero attached hydrogens (tertiary/aromatic N) is 1. The van der Waals surface area contributed by atoms with Gasteiger partial charge in [0, 0.05) is 18.2 Å². The van der Waals surface area contributed by atoms with Crippen molar-refractivity contribution in [2.24, 2.45) is 0 Å². The average molecular weight is 358 g/mol. The molecule has 0 radical (unpaired) electrons. The number of halogens is 2. The van der Waals surface area contributed by atoms with E-state index < -0.39 is 0 Å². The van der Waals surface area contributed by atoms with Gasteiger partial charge in [-0.15, -0.1) is 0 Å². The minimum Gasteiger partial charge on any atom is -0.466 e. The Morgan fingerprint density at radius 2 is 1.91 bits per heavy atom. The summed E-state index contributed by atoms with van der Waals surface area (Å²) in [5.74, 6) is -0.391. The van der Waals surface area contributed by atoms with E-state index in [4.69, 9.17) is 27.9 Å². The second kappa shape index (κ2) is 8.55. The summed E-state index contributed by atoms with van der Waals surface area (Å²) in [7, 11) is 0. The van der Waals surface area contributed by atoms with Crippen LogP contribution in [0.4, 0.5) is 0 Å². The van der Waals surface area contributed by atoms with Crippen molar-refractivity contribution in [3.05, 3.63) is 33.8 Å². The zero-order valence-electron chi connectivity index (χ0n) is 13.2. The zero-order valence-corrected chi connectivity index (χ0v) is 14.7. The Balaban J connectivity index is 2.13. The smallest absolute Gasteiger partial charge is 0.307 e. The van der Waals surface area contributed by atoms with Gasteiger partial charge in [0.15, 0.2) is 0 Å². The average Bonchev–Trinajstić information content (AvgIpc) is 3.04. The molecule has 0 spiro atoms. The summed E-state index contributed by atoms with van der Waals surface area (Å²) in [4.78, 5) is 26.2. The van der Waals surface area contributed by atoms with Crippen LogP contribution in [0.5, 0.6) is 0 Å². The molecule has 1 saturated carbocycles. The molecule has 1 aliphatic rings. The van der Waals surface area contributed by atoms with Crippen LogP contribution in [0.15, 0.2) is 18.2 Å². The highest BCUT2D eigenvalue weighted by Gasteiger charge is 2.28. The number of esters is 1. The molecule has 126 valence electrons. The Morgan fingerprint density at radius 3 is 2.52 bits per heavy atom. The lowest BCUT2D eigenvalue weighted by molar-refractivity contribution is -0.143. The molecule has 1 aromatic carbocycles. The van der Waals surface area contributed by atoms with E-state index in [0.29, 0.717) is 28.8 Å². The van der Waals surface area contributed by atoms with Crippen molar-refractivity contribution >= 4 is 35.1 Å². The lowest BCUT2D eigenvalue weighted by atomic mass is 10.1. The van der Waals surface area contributed by atoms with Crippen LogP contribution in [-0.2, 0) is 9.53 Å². The predicted octanol–water partition coefficient (Wildman–Crippen LogP) is 4.33. The van der Waals surface area contributed by atoms with E-state index >= 15 is 0 Å². The number of amides is 1. The first kappa shape index (κ1) is 18.1. The molecule has 0 heterocycles. The molecule has 1 aliphatic carbocycles. The molecule has 1 amide bonds. The van der Waals surface area contributed by atoms with Gasteiger partial charge < -0.3 is 9.64 Å². The standard InChI is InChI=1S/C17H21Cl2NO3/c1-2-23-16(21)9-10-20(13-5-3-4-6-13)17(22)12-7-8-14(18)15(19)11-12/h7-8,11,13H,2-6,9-10H2,1H3. The maximum atomic E-state index is 12.8. The molecule has 0 saturated heterocycles. The summed E-state index contributed by atoms with van der Waals surface area (Å²) in [6.07, 6.45) is 4.35. The molecule has 0 unspecified atom stereocenters. The van der Waals surface area contributed by atoms with Crippen LogP contribution in [-0.4, -0.2) is 36.0 Å². The number of hydrogen-bond donors (Lipinski definition) is 0. The van der Waals surface area contributed by atoms with Crippen LogP contribution in [0.1, 0.15) is 49.4 Å². The molecule has 0 aromatic heterocycles. The molecule has 2 rings (SSSR count). The molecule has 0 bridgehead atoms. The van der Waals surface area contributed by atoms with E-state index in [1.54, 1.807) is 30.0 Å². The van der Waals surface area contributed by atoms with Gasteiger partial charge in [0.1, 0.15) is 0 Å². The molecule has 0 N–H and O–H groups in total. The molecule has 0 atom stereocenters. The van der Waals surface area contributed by atoms with E-state index in [-0.39, 0.29) is 24.3 Å². The van der Waals surface area contributed by atoms with Crippen molar-refractivity contribution in [2.45, 2.75) is 45.1 Å². The van der Waals surface area contributed by atoms with Crippen LogP contribution in [0.25, 0.3) is 0 Å². The van der Waals surface area contributed by atoms with Gasteiger partial charge in [-0.25, -0.2) is 0 Å². The van der Waals surface area contributed by atoms with Crippen LogP contribution in [0.3, 0.4) is 0 Å². The fourth-order valence-electron chi connectivity index (χ4n) is 2.91. The number of benzene rings is 1. The van der Waals surface area contributed by atoms with Gasteiger partial charge in [-0.2, -0.15) is 0 Å². The maximum absolute atomic E-state index is 12.8. The first-order valence-electron chi connectivity index (χ1n) is 7.94. The maximum Gasteiger partial charge on any atom is 0.307 e. The van der Waals surface area contributed by atoms with E-state index in [0.717, 1.165) is 25.7 Å². The van der Waals surface area contributed by atoms with Crippen molar-refractivity contribution in [3.8, 4) is 0 Å². The number of ether oxygens (including phenoxy) is 1. The Kier molecular flexibility index (Phi) is 6.72. The van der Waals surface area contributed by atoms with Gasteiger partial charge in [-0.3, -0.25) is 9.59 Å². The topological polar surface area (TPSA) is 46.6 Å². The number of carbonyl (C=O) groups excluding carboxylic acids is 2. The molecule has 1 fully saturated rings. The van der Waals surface area contributed by atoms with E-state index in [1.807, 2.05) is 0 Å². The summed E-state index contributed by atoms with van der Waals surface area (Å²) in [5.41, 5.74) is 0.496. The normalized spacial score (nSPS) is 14.7. The molecular weight excluding hydrogens is 337 g/mol. The minimum absolute atomic E-state index is 0.111. The van der Waals surface area contributed by atoms with Crippen molar-refractivity contribution < 1.29 is 14.3 Å².